The maximum Gasteiger partial charge on any atom is 0.239 e. The molecule has 1 unspecified atom stereocenters. The van der Waals surface area contributed by atoms with E-state index < -0.39 is 10.0 Å². The zero-order valence-electron chi connectivity index (χ0n) is 10.6. The van der Waals surface area contributed by atoms with Gasteiger partial charge in [0.25, 0.3) is 0 Å². The van der Waals surface area contributed by atoms with Crippen LogP contribution in [0.3, 0.4) is 0 Å². The second-order valence-electron chi connectivity index (χ2n) is 4.32. The Bertz CT molecular complexity index is 367. The molecule has 1 heterocycles. The number of nitrogens with one attached hydrogen (secondary N) is 1. The molecule has 0 bridgehead atoms. The molecule has 0 aliphatic carbocycles. The minimum atomic E-state index is -3.22. The van der Waals surface area contributed by atoms with Crippen LogP contribution in [0.2, 0.25) is 0 Å². The van der Waals surface area contributed by atoms with E-state index in [9.17, 15) is 13.2 Å². The summed E-state index contributed by atoms with van der Waals surface area (Å²) < 4.78 is 24.3. The molecule has 1 N–H and O–H groups in total. The van der Waals surface area contributed by atoms with E-state index in [2.05, 4.69) is 5.32 Å². The normalized spacial score (nSPS) is 21.5. The van der Waals surface area contributed by atoms with Crippen molar-refractivity contribution < 1.29 is 13.2 Å². The summed E-state index contributed by atoms with van der Waals surface area (Å²) in [4.78, 5) is 13.5. The Kier molecular flexibility index (Phi) is 4.91. The van der Waals surface area contributed by atoms with Gasteiger partial charge in [-0.05, 0) is 13.0 Å². The number of sulfonamides is 1. The number of likely N-dealkylation sites (N-methyl/N-ethyl adjacent to an activating group) is 1. The second-order valence-corrected chi connectivity index (χ2v) is 6.62. The van der Waals surface area contributed by atoms with Crippen LogP contribution >= 0.6 is 0 Å². The van der Waals surface area contributed by atoms with E-state index in [1.165, 1.54) is 18.4 Å². The third-order valence-corrected chi connectivity index (χ3v) is 4.73. The molecule has 1 atom stereocenters. The molecule has 1 saturated heterocycles. The van der Waals surface area contributed by atoms with Crippen molar-refractivity contribution in [3.8, 4) is 0 Å². The van der Waals surface area contributed by atoms with E-state index in [1.807, 2.05) is 6.92 Å². The third-order valence-electron chi connectivity index (χ3n) is 2.92. The highest BCUT2D eigenvalue weighted by Gasteiger charge is 2.31. The lowest BCUT2D eigenvalue weighted by molar-refractivity contribution is -0.129. The molecule has 0 aromatic rings. The standard InChI is InChI=1S/C10H21N3O3S/c1-4-11-9-5-6-13(10(9)14)7-8-17(15,16)12(2)3/h9,11H,4-8H2,1-3H3. The zero-order valence-corrected chi connectivity index (χ0v) is 11.5. The molecule has 0 spiro atoms. The van der Waals surface area contributed by atoms with Gasteiger partial charge in [0, 0.05) is 27.2 Å². The molecule has 1 aliphatic rings. The molecule has 17 heavy (non-hydrogen) atoms. The summed E-state index contributed by atoms with van der Waals surface area (Å²) in [7, 11) is -0.215. The van der Waals surface area contributed by atoms with Crippen LogP contribution in [0.1, 0.15) is 13.3 Å². The first-order valence-electron chi connectivity index (χ1n) is 5.81. The summed E-state index contributed by atoms with van der Waals surface area (Å²) in [5.41, 5.74) is 0. The Morgan fingerprint density at radius 2 is 2.12 bits per heavy atom. The smallest absolute Gasteiger partial charge is 0.239 e. The zero-order chi connectivity index (χ0) is 13.1. The summed E-state index contributed by atoms with van der Waals surface area (Å²) in [6, 6.07) is -0.137. The van der Waals surface area contributed by atoms with Crippen LogP contribution in [0.4, 0.5) is 0 Å². The Hall–Kier alpha value is -0.660. The van der Waals surface area contributed by atoms with Gasteiger partial charge in [0.05, 0.1) is 11.8 Å². The lowest BCUT2D eigenvalue weighted by Gasteiger charge is -2.18. The molecule has 7 heteroatoms. The molecule has 0 aromatic carbocycles. The van der Waals surface area contributed by atoms with Crippen LogP contribution in [0.25, 0.3) is 0 Å². The van der Waals surface area contributed by atoms with Gasteiger partial charge in [-0.25, -0.2) is 12.7 Å². The topological polar surface area (TPSA) is 69.7 Å². The number of likely N-dealkylation sites (tertiary alicyclic amines) is 1. The van der Waals surface area contributed by atoms with E-state index in [0.29, 0.717) is 6.54 Å². The van der Waals surface area contributed by atoms with Gasteiger partial charge in [0.15, 0.2) is 0 Å². The minimum absolute atomic E-state index is 0.00934. The number of hydrogen-bond donors (Lipinski definition) is 1. The van der Waals surface area contributed by atoms with Crippen molar-refractivity contribution in [2.24, 2.45) is 0 Å². The van der Waals surface area contributed by atoms with Crippen LogP contribution in [0, 0.1) is 0 Å². The largest absolute Gasteiger partial charge is 0.340 e. The fourth-order valence-corrected chi connectivity index (χ4v) is 2.62. The van der Waals surface area contributed by atoms with Crippen molar-refractivity contribution in [1.29, 1.82) is 0 Å². The Morgan fingerprint density at radius 1 is 1.47 bits per heavy atom. The molecule has 1 amide bonds. The fraction of sp³-hybridized carbons (Fsp3) is 0.900. The van der Waals surface area contributed by atoms with E-state index in [1.54, 1.807) is 4.90 Å². The quantitative estimate of drug-likeness (QED) is 0.673. The number of hydrogen-bond acceptors (Lipinski definition) is 4. The maximum atomic E-state index is 11.8. The van der Waals surface area contributed by atoms with Crippen LogP contribution in [0.15, 0.2) is 0 Å². The van der Waals surface area contributed by atoms with Gasteiger partial charge in [-0.3, -0.25) is 4.79 Å². The van der Waals surface area contributed by atoms with E-state index in [0.717, 1.165) is 13.0 Å². The van der Waals surface area contributed by atoms with Crippen LogP contribution in [0.5, 0.6) is 0 Å². The summed E-state index contributed by atoms with van der Waals surface area (Å²) in [5, 5.41) is 3.09. The summed E-state index contributed by atoms with van der Waals surface area (Å²) in [6.07, 6.45) is 0.759. The molecular weight excluding hydrogens is 242 g/mol. The highest BCUT2D eigenvalue weighted by molar-refractivity contribution is 7.89. The average Bonchev–Trinajstić information content (AvgIpc) is 2.58. The summed E-state index contributed by atoms with van der Waals surface area (Å²) in [6.45, 7) is 3.62. The number of rotatable bonds is 6. The Balaban J connectivity index is 2.47. The molecule has 0 radical (unpaired) electrons. The van der Waals surface area contributed by atoms with E-state index in [-0.39, 0.29) is 24.2 Å². The van der Waals surface area contributed by atoms with Gasteiger partial charge in [-0.1, -0.05) is 6.92 Å². The lowest BCUT2D eigenvalue weighted by Crippen LogP contribution is -2.40. The van der Waals surface area contributed by atoms with Gasteiger partial charge >= 0.3 is 0 Å². The predicted octanol–water partition coefficient (Wildman–Crippen LogP) is -0.912. The van der Waals surface area contributed by atoms with Crippen molar-refractivity contribution in [2.45, 2.75) is 19.4 Å². The molecule has 0 saturated carbocycles. The number of nitrogens with zero attached hydrogens (tertiary/aromatic N) is 2. The van der Waals surface area contributed by atoms with Crippen LogP contribution in [-0.4, -0.2) is 69.1 Å². The number of carbonyl (C=O) groups is 1. The van der Waals surface area contributed by atoms with E-state index >= 15 is 0 Å². The van der Waals surface area contributed by atoms with Crippen molar-refractivity contribution in [1.82, 2.24) is 14.5 Å². The molecule has 1 aliphatic heterocycles. The summed E-state index contributed by atoms with van der Waals surface area (Å²) in [5.74, 6) is 0.00530. The fourth-order valence-electron chi connectivity index (χ4n) is 1.80. The van der Waals surface area contributed by atoms with Gasteiger partial charge in [-0.15, -0.1) is 0 Å². The first-order chi connectivity index (χ1) is 7.88. The average molecular weight is 263 g/mol. The lowest BCUT2D eigenvalue weighted by atomic mass is 10.2. The molecule has 100 valence electrons. The van der Waals surface area contributed by atoms with Crippen molar-refractivity contribution in [3.63, 3.8) is 0 Å². The minimum Gasteiger partial charge on any atom is -0.340 e. The molecular formula is C10H21N3O3S. The van der Waals surface area contributed by atoms with E-state index in [4.69, 9.17) is 0 Å². The van der Waals surface area contributed by atoms with Gasteiger partial charge in [0.2, 0.25) is 15.9 Å². The first kappa shape index (κ1) is 14.4. The third kappa shape index (κ3) is 3.65. The predicted molar refractivity (Wildman–Crippen MR) is 66.1 cm³/mol. The van der Waals surface area contributed by atoms with Gasteiger partial charge in [-0.2, -0.15) is 0 Å². The van der Waals surface area contributed by atoms with Crippen molar-refractivity contribution in [2.75, 3.05) is 39.5 Å². The van der Waals surface area contributed by atoms with Crippen molar-refractivity contribution >= 4 is 15.9 Å². The maximum absolute atomic E-state index is 11.8. The van der Waals surface area contributed by atoms with Gasteiger partial charge in [0.1, 0.15) is 0 Å². The Labute approximate surface area is 103 Å². The monoisotopic (exact) mass is 263 g/mol. The highest BCUT2D eigenvalue weighted by atomic mass is 32.2. The summed E-state index contributed by atoms with van der Waals surface area (Å²) >= 11 is 0. The number of carbonyl (C=O) groups excluding carboxylic acids is 1. The SMILES string of the molecule is CCNC1CCN(CCS(=O)(=O)N(C)C)C1=O. The second kappa shape index (κ2) is 5.79. The molecule has 1 rings (SSSR count). The Morgan fingerprint density at radius 3 is 2.65 bits per heavy atom. The van der Waals surface area contributed by atoms with Crippen LogP contribution < -0.4 is 5.32 Å². The van der Waals surface area contributed by atoms with Crippen molar-refractivity contribution in [3.05, 3.63) is 0 Å². The molecule has 6 nitrogen and oxygen atoms in total. The number of amides is 1. The highest BCUT2D eigenvalue weighted by Crippen LogP contribution is 2.11. The molecule has 0 aromatic heterocycles. The molecule has 1 fully saturated rings. The first-order valence-corrected chi connectivity index (χ1v) is 7.41. The van der Waals surface area contributed by atoms with Crippen LogP contribution in [-0.2, 0) is 14.8 Å². The van der Waals surface area contributed by atoms with Gasteiger partial charge < -0.3 is 10.2 Å².